The molecule has 1 atom stereocenters. The molecule has 180 valence electrons. The van der Waals surface area contributed by atoms with Crippen molar-refractivity contribution in [2.24, 2.45) is 0 Å². The maximum Gasteiger partial charge on any atom is 0.228 e. The molecule has 1 saturated heterocycles. The van der Waals surface area contributed by atoms with Crippen LogP contribution in [0, 0.1) is 5.82 Å². The molecule has 0 saturated carbocycles. The molecule has 2 N–H and O–H groups in total. The van der Waals surface area contributed by atoms with Gasteiger partial charge in [0, 0.05) is 49.9 Å². The fourth-order valence-corrected chi connectivity index (χ4v) is 4.30. The quantitative estimate of drug-likeness (QED) is 0.564. The zero-order valence-corrected chi connectivity index (χ0v) is 19.6. The number of piperazine rings is 1. The molecule has 0 spiro atoms. The minimum Gasteiger partial charge on any atom is -0.493 e. The summed E-state index contributed by atoms with van der Waals surface area (Å²) in [6, 6.07) is 5.45. The summed E-state index contributed by atoms with van der Waals surface area (Å²) in [6.45, 7) is 3.58. The summed E-state index contributed by atoms with van der Waals surface area (Å²) in [6.07, 6.45) is 5.64. The summed E-state index contributed by atoms with van der Waals surface area (Å²) in [5.74, 6) is 0.148. The Morgan fingerprint density at radius 1 is 1.21 bits per heavy atom. The number of fused-ring (bicyclic) bond motifs is 1. The summed E-state index contributed by atoms with van der Waals surface area (Å²) < 4.78 is 25.5. The van der Waals surface area contributed by atoms with E-state index in [0.29, 0.717) is 37.4 Å². The molecule has 1 aliphatic heterocycles. The Labute approximate surface area is 197 Å². The highest BCUT2D eigenvalue weighted by Gasteiger charge is 2.29. The molecule has 0 aliphatic carbocycles. The zero-order chi connectivity index (χ0) is 24.2. The van der Waals surface area contributed by atoms with E-state index in [1.54, 1.807) is 18.5 Å². The number of nitrogens with zero attached hydrogens (tertiary/aromatic N) is 5. The van der Waals surface area contributed by atoms with E-state index in [-0.39, 0.29) is 34.8 Å². The minimum atomic E-state index is -0.650. The Balaban J connectivity index is 1.46. The molecule has 2 aromatic heterocycles. The number of ether oxygens (including phenoxy) is 2. The third-order valence-electron chi connectivity index (χ3n) is 6.14. The molecule has 3 heterocycles. The van der Waals surface area contributed by atoms with E-state index < -0.39 is 5.82 Å². The number of methoxy groups -OCH3 is 2. The van der Waals surface area contributed by atoms with Crippen molar-refractivity contribution in [3.05, 3.63) is 42.0 Å². The van der Waals surface area contributed by atoms with Crippen molar-refractivity contribution in [1.82, 2.24) is 19.9 Å². The number of rotatable bonds is 7. The Kier molecular flexibility index (Phi) is 6.95. The molecular formula is C24H29FN6O3. The third kappa shape index (κ3) is 4.66. The smallest absolute Gasteiger partial charge is 0.228 e. The maximum absolute atomic E-state index is 15.1. The van der Waals surface area contributed by atoms with Gasteiger partial charge in [0.05, 0.1) is 14.2 Å². The molecule has 1 amide bonds. The normalized spacial score (nSPS) is 16.1. The van der Waals surface area contributed by atoms with E-state index in [4.69, 9.17) is 15.2 Å². The van der Waals surface area contributed by atoms with Crippen molar-refractivity contribution in [2.45, 2.75) is 32.2 Å². The molecule has 0 unspecified atom stereocenters. The van der Waals surface area contributed by atoms with Gasteiger partial charge in [-0.1, -0.05) is 0 Å². The fraction of sp³-hybridized carbons (Fsp3) is 0.417. The molecule has 1 aromatic carbocycles. The highest BCUT2D eigenvalue weighted by Crippen LogP contribution is 2.37. The number of aromatic nitrogens is 3. The molecule has 1 aliphatic rings. The van der Waals surface area contributed by atoms with Crippen LogP contribution in [0.25, 0.3) is 10.9 Å². The highest BCUT2D eigenvalue weighted by molar-refractivity contribution is 5.92. The monoisotopic (exact) mass is 468 g/mol. The number of hydrogen-bond acceptors (Lipinski definition) is 8. The second-order valence-electron chi connectivity index (χ2n) is 8.32. The van der Waals surface area contributed by atoms with Gasteiger partial charge in [0.15, 0.2) is 17.3 Å². The van der Waals surface area contributed by atoms with Crippen LogP contribution in [0.2, 0.25) is 0 Å². The van der Waals surface area contributed by atoms with Gasteiger partial charge in [-0.05, 0) is 43.5 Å². The standard InChI is InChI=1S/C24H29FN6O3/c1-15-14-30(19(32)6-4-5-16-7-9-27-10-8-16)11-12-31(15)24-28-21-17(23(26)29-24)13-18(33-2)22(34-3)20(21)25/h7-10,13,15H,4-6,11-12,14H2,1-3H3,(H2,26,28,29)/t15-/m0/s1. The van der Waals surface area contributed by atoms with E-state index in [0.717, 1.165) is 12.8 Å². The first kappa shape index (κ1) is 23.5. The van der Waals surface area contributed by atoms with Crippen molar-refractivity contribution in [2.75, 3.05) is 44.5 Å². The number of aryl methyl sites for hydroxylation is 1. The predicted molar refractivity (Wildman–Crippen MR) is 128 cm³/mol. The van der Waals surface area contributed by atoms with Crippen LogP contribution in [0.5, 0.6) is 11.5 Å². The van der Waals surface area contributed by atoms with Crippen LogP contribution in [0.1, 0.15) is 25.3 Å². The number of benzene rings is 1. The van der Waals surface area contributed by atoms with Gasteiger partial charge >= 0.3 is 0 Å². The maximum atomic E-state index is 15.1. The van der Waals surface area contributed by atoms with Crippen LogP contribution in [-0.2, 0) is 11.2 Å². The summed E-state index contributed by atoms with van der Waals surface area (Å²) in [4.78, 5) is 29.5. The number of pyridine rings is 1. The first-order valence-corrected chi connectivity index (χ1v) is 11.2. The first-order valence-electron chi connectivity index (χ1n) is 11.2. The molecule has 3 aromatic rings. The number of carbonyl (C=O) groups excluding carboxylic acids is 1. The van der Waals surface area contributed by atoms with E-state index in [2.05, 4.69) is 15.0 Å². The number of hydrogen-bond donors (Lipinski definition) is 1. The number of nitrogen functional groups attached to an aromatic ring is 1. The van der Waals surface area contributed by atoms with Crippen LogP contribution in [0.4, 0.5) is 16.2 Å². The number of carbonyl (C=O) groups is 1. The lowest BCUT2D eigenvalue weighted by Crippen LogP contribution is -2.54. The number of amides is 1. The van der Waals surface area contributed by atoms with Crippen LogP contribution in [0.3, 0.4) is 0 Å². The van der Waals surface area contributed by atoms with Crippen LogP contribution < -0.4 is 20.1 Å². The topological polar surface area (TPSA) is 107 Å². The van der Waals surface area contributed by atoms with Crippen LogP contribution in [-0.4, -0.2) is 65.7 Å². The van der Waals surface area contributed by atoms with Crippen LogP contribution >= 0.6 is 0 Å². The highest BCUT2D eigenvalue weighted by atomic mass is 19.1. The van der Waals surface area contributed by atoms with E-state index in [1.165, 1.54) is 19.8 Å². The van der Waals surface area contributed by atoms with Gasteiger partial charge in [0.25, 0.3) is 0 Å². The summed E-state index contributed by atoms with van der Waals surface area (Å²) in [7, 11) is 2.80. The van der Waals surface area contributed by atoms with E-state index in [1.807, 2.05) is 28.9 Å². The second kappa shape index (κ2) is 10.1. The van der Waals surface area contributed by atoms with Crippen molar-refractivity contribution in [1.29, 1.82) is 0 Å². The largest absolute Gasteiger partial charge is 0.493 e. The molecule has 10 heteroatoms. The van der Waals surface area contributed by atoms with Crippen LogP contribution in [0.15, 0.2) is 30.6 Å². The lowest BCUT2D eigenvalue weighted by Gasteiger charge is -2.40. The summed E-state index contributed by atoms with van der Waals surface area (Å²) >= 11 is 0. The minimum absolute atomic E-state index is 0.0331. The lowest BCUT2D eigenvalue weighted by molar-refractivity contribution is -0.132. The van der Waals surface area contributed by atoms with Gasteiger partial charge in [0.2, 0.25) is 11.9 Å². The average Bonchev–Trinajstić information content (AvgIpc) is 2.84. The summed E-state index contributed by atoms with van der Waals surface area (Å²) in [5, 5.41) is 0.356. The van der Waals surface area contributed by atoms with Crippen molar-refractivity contribution >= 4 is 28.6 Å². The van der Waals surface area contributed by atoms with Gasteiger partial charge in [-0.15, -0.1) is 0 Å². The molecule has 34 heavy (non-hydrogen) atoms. The number of anilines is 2. The Morgan fingerprint density at radius 2 is 1.97 bits per heavy atom. The molecule has 0 radical (unpaired) electrons. The molecule has 4 rings (SSSR count). The fourth-order valence-electron chi connectivity index (χ4n) is 4.30. The second-order valence-corrected chi connectivity index (χ2v) is 8.32. The van der Waals surface area contributed by atoms with Crippen molar-refractivity contribution < 1.29 is 18.7 Å². The Hall–Kier alpha value is -3.69. The molecule has 0 bridgehead atoms. The molecular weight excluding hydrogens is 439 g/mol. The van der Waals surface area contributed by atoms with Gasteiger partial charge in [-0.25, -0.2) is 9.37 Å². The third-order valence-corrected chi connectivity index (χ3v) is 6.14. The Bertz CT molecular complexity index is 1180. The predicted octanol–water partition coefficient (Wildman–Crippen LogP) is 2.82. The molecule has 1 fully saturated rings. The van der Waals surface area contributed by atoms with Gasteiger partial charge in [-0.3, -0.25) is 9.78 Å². The van der Waals surface area contributed by atoms with Crippen molar-refractivity contribution in [3.8, 4) is 11.5 Å². The van der Waals surface area contributed by atoms with Crippen molar-refractivity contribution in [3.63, 3.8) is 0 Å². The Morgan fingerprint density at radius 3 is 2.65 bits per heavy atom. The first-order chi connectivity index (χ1) is 16.4. The number of nitrogens with two attached hydrogens (primary N) is 1. The summed E-state index contributed by atoms with van der Waals surface area (Å²) in [5.41, 5.74) is 7.41. The average molecular weight is 469 g/mol. The van der Waals surface area contributed by atoms with Gasteiger partial charge in [0.1, 0.15) is 11.3 Å². The van der Waals surface area contributed by atoms with Gasteiger partial charge < -0.3 is 25.0 Å². The SMILES string of the molecule is COc1cc2c(N)nc(N3CCN(C(=O)CCCc4ccncc4)C[C@@H]3C)nc2c(F)c1OC. The van der Waals surface area contributed by atoms with E-state index >= 15 is 4.39 Å². The lowest BCUT2D eigenvalue weighted by atomic mass is 10.1. The zero-order valence-electron chi connectivity index (χ0n) is 19.6. The van der Waals surface area contributed by atoms with Gasteiger partial charge in [-0.2, -0.15) is 4.98 Å². The molecule has 9 nitrogen and oxygen atoms in total. The number of halogens is 1. The van der Waals surface area contributed by atoms with E-state index in [9.17, 15) is 4.79 Å².